The fraction of sp³-hybridized carbons (Fsp3) is 0.200. The molecule has 0 aliphatic heterocycles. The summed E-state index contributed by atoms with van der Waals surface area (Å²) in [7, 11) is -3.50. The first-order valence-corrected chi connectivity index (χ1v) is 10.3. The summed E-state index contributed by atoms with van der Waals surface area (Å²) in [5, 5.41) is 9.24. The van der Waals surface area contributed by atoms with E-state index in [4.69, 9.17) is 4.74 Å². The molecule has 0 atom stereocenters. The van der Waals surface area contributed by atoms with Crippen molar-refractivity contribution in [1.29, 1.82) is 0 Å². The second-order valence-corrected chi connectivity index (χ2v) is 8.09. The van der Waals surface area contributed by atoms with Crippen LogP contribution in [0.1, 0.15) is 24.5 Å². The highest BCUT2D eigenvalue weighted by Crippen LogP contribution is 2.31. The average molecular weight is 424 g/mol. The molecule has 154 valence electrons. The third-order valence-corrected chi connectivity index (χ3v) is 5.06. The monoisotopic (exact) mass is 424 g/mol. The van der Waals surface area contributed by atoms with Gasteiger partial charge in [-0.05, 0) is 42.3 Å². The van der Waals surface area contributed by atoms with Crippen LogP contribution in [0.25, 0.3) is 5.57 Å². The molecule has 0 amide bonds. The van der Waals surface area contributed by atoms with Crippen LogP contribution < -0.4 is 0 Å². The third kappa shape index (κ3) is 5.47. The number of carbonyl (C=O) groups is 2. The molecule has 1 N–H and O–H groups in total. The third-order valence-electron chi connectivity index (χ3n) is 3.93. The van der Waals surface area contributed by atoms with Crippen LogP contribution in [0, 0.1) is 11.6 Å². The summed E-state index contributed by atoms with van der Waals surface area (Å²) in [5.41, 5.74) is 0.00952. The molecule has 0 radical (unpaired) electrons. The number of carbonyl (C=O) groups excluding carboxylic acids is 1. The Kier molecular flexibility index (Phi) is 6.86. The molecule has 0 unspecified atom stereocenters. The average Bonchev–Trinajstić information content (AvgIpc) is 2.63. The largest absolute Gasteiger partial charge is 0.481 e. The van der Waals surface area contributed by atoms with Gasteiger partial charge in [0.25, 0.3) is 0 Å². The van der Waals surface area contributed by atoms with Gasteiger partial charge in [0.15, 0.2) is 21.5 Å². The Morgan fingerprint density at radius 2 is 1.59 bits per heavy atom. The molecule has 0 spiro atoms. The number of benzene rings is 2. The van der Waals surface area contributed by atoms with E-state index >= 15 is 0 Å². The smallest absolute Gasteiger partial charge is 0.335 e. The molecule has 0 fully saturated rings. The summed E-state index contributed by atoms with van der Waals surface area (Å²) >= 11 is 0. The zero-order valence-corrected chi connectivity index (χ0v) is 16.4. The molecule has 0 heterocycles. The van der Waals surface area contributed by atoms with Gasteiger partial charge >= 0.3 is 11.9 Å². The minimum Gasteiger partial charge on any atom is -0.481 e. The Labute approximate surface area is 166 Å². The van der Waals surface area contributed by atoms with Crippen molar-refractivity contribution in [2.75, 3.05) is 12.9 Å². The van der Waals surface area contributed by atoms with Gasteiger partial charge in [-0.3, -0.25) is 4.79 Å². The summed E-state index contributed by atoms with van der Waals surface area (Å²) in [6, 6.07) is 8.12. The van der Waals surface area contributed by atoms with E-state index in [2.05, 4.69) is 0 Å². The number of rotatable bonds is 7. The van der Waals surface area contributed by atoms with Crippen LogP contribution in [0.5, 0.6) is 0 Å². The Morgan fingerprint density at radius 3 is 2.07 bits per heavy atom. The lowest BCUT2D eigenvalue weighted by atomic mass is 9.91. The highest BCUT2D eigenvalue weighted by molar-refractivity contribution is 7.90. The second-order valence-electron chi connectivity index (χ2n) is 6.07. The SMILES string of the molecule is CCOC(=O)C(CC(=O)O)=C(c1ccc(S(C)(=O)=O)cc1)c1ccc(F)c(F)c1. The van der Waals surface area contributed by atoms with Gasteiger partial charge in [0, 0.05) is 11.8 Å². The number of esters is 1. The first-order chi connectivity index (χ1) is 13.5. The van der Waals surface area contributed by atoms with E-state index < -0.39 is 39.8 Å². The van der Waals surface area contributed by atoms with Crippen molar-refractivity contribution < 1.29 is 36.6 Å². The fourth-order valence-corrected chi connectivity index (χ4v) is 3.30. The summed E-state index contributed by atoms with van der Waals surface area (Å²) in [6.45, 7) is 1.51. The Hall–Kier alpha value is -3.07. The molecule has 6 nitrogen and oxygen atoms in total. The van der Waals surface area contributed by atoms with Crippen LogP contribution >= 0.6 is 0 Å². The molecule has 0 aliphatic carbocycles. The van der Waals surface area contributed by atoms with E-state index in [9.17, 15) is 31.9 Å². The first kappa shape index (κ1) is 22.2. The van der Waals surface area contributed by atoms with Crippen molar-refractivity contribution >= 4 is 27.3 Å². The van der Waals surface area contributed by atoms with Crippen LogP contribution in [-0.2, 0) is 24.2 Å². The summed E-state index contributed by atoms with van der Waals surface area (Å²) in [5.74, 6) is -4.56. The van der Waals surface area contributed by atoms with Crippen molar-refractivity contribution in [1.82, 2.24) is 0 Å². The predicted octanol–water partition coefficient (Wildman–Crippen LogP) is 3.21. The molecule has 2 aromatic rings. The highest BCUT2D eigenvalue weighted by Gasteiger charge is 2.23. The molecule has 2 aromatic carbocycles. The lowest BCUT2D eigenvalue weighted by Gasteiger charge is -2.15. The predicted molar refractivity (Wildman–Crippen MR) is 101 cm³/mol. The van der Waals surface area contributed by atoms with Gasteiger partial charge in [-0.15, -0.1) is 0 Å². The number of carboxylic acid groups (broad SMARTS) is 1. The van der Waals surface area contributed by atoms with Crippen molar-refractivity contribution in [3.63, 3.8) is 0 Å². The van der Waals surface area contributed by atoms with Gasteiger partial charge in [0.05, 0.1) is 23.5 Å². The Bertz CT molecular complexity index is 1070. The number of hydrogen-bond donors (Lipinski definition) is 1. The van der Waals surface area contributed by atoms with Crippen molar-refractivity contribution in [2.24, 2.45) is 0 Å². The minimum atomic E-state index is -3.50. The molecule has 0 aliphatic rings. The molecule has 29 heavy (non-hydrogen) atoms. The molecule has 0 saturated carbocycles. The summed E-state index contributed by atoms with van der Waals surface area (Å²) in [6.07, 6.45) is 0.281. The van der Waals surface area contributed by atoms with E-state index in [-0.39, 0.29) is 33.8 Å². The fourth-order valence-electron chi connectivity index (χ4n) is 2.67. The molecule has 0 saturated heterocycles. The maximum atomic E-state index is 13.8. The standard InChI is InChI=1S/C20H18F2O6S/c1-3-28-20(25)15(11-18(23)24)19(13-6-9-16(21)17(22)10-13)12-4-7-14(8-5-12)29(2,26)27/h4-10H,3,11H2,1-2H3,(H,23,24). The van der Waals surface area contributed by atoms with E-state index in [1.54, 1.807) is 0 Å². The van der Waals surface area contributed by atoms with Crippen LogP contribution in [0.3, 0.4) is 0 Å². The van der Waals surface area contributed by atoms with Crippen molar-refractivity contribution in [3.8, 4) is 0 Å². The molecular formula is C20H18F2O6S. The van der Waals surface area contributed by atoms with E-state index in [0.29, 0.717) is 0 Å². The maximum Gasteiger partial charge on any atom is 0.335 e. The normalized spacial score (nSPS) is 12.3. The number of carboxylic acids is 1. The number of aliphatic carboxylic acids is 1. The van der Waals surface area contributed by atoms with Gasteiger partial charge < -0.3 is 9.84 Å². The summed E-state index contributed by atoms with van der Waals surface area (Å²) < 4.78 is 55.5. The number of halogens is 2. The lowest BCUT2D eigenvalue weighted by Crippen LogP contribution is -2.14. The number of sulfone groups is 1. The van der Waals surface area contributed by atoms with Gasteiger partial charge in [0.1, 0.15) is 0 Å². The van der Waals surface area contributed by atoms with Gasteiger partial charge in [-0.2, -0.15) is 0 Å². The quantitative estimate of drug-likeness (QED) is 0.542. The first-order valence-electron chi connectivity index (χ1n) is 8.42. The van der Waals surface area contributed by atoms with E-state index in [1.807, 2.05) is 0 Å². The minimum absolute atomic E-state index is 0.00167. The molecule has 0 bridgehead atoms. The highest BCUT2D eigenvalue weighted by atomic mass is 32.2. The topological polar surface area (TPSA) is 97.7 Å². The maximum absolute atomic E-state index is 13.8. The number of ether oxygens (including phenoxy) is 1. The number of hydrogen-bond acceptors (Lipinski definition) is 5. The van der Waals surface area contributed by atoms with Crippen molar-refractivity contribution in [2.45, 2.75) is 18.2 Å². The van der Waals surface area contributed by atoms with E-state index in [1.165, 1.54) is 37.3 Å². The van der Waals surface area contributed by atoms with Gasteiger partial charge in [-0.1, -0.05) is 18.2 Å². The molecular weight excluding hydrogens is 406 g/mol. The van der Waals surface area contributed by atoms with E-state index in [0.717, 1.165) is 18.4 Å². The summed E-state index contributed by atoms with van der Waals surface area (Å²) in [4.78, 5) is 23.8. The van der Waals surface area contributed by atoms with Gasteiger partial charge in [0.2, 0.25) is 0 Å². The van der Waals surface area contributed by atoms with Crippen molar-refractivity contribution in [3.05, 3.63) is 70.8 Å². The second kappa shape index (κ2) is 8.95. The van der Waals surface area contributed by atoms with Crippen LogP contribution in [-0.4, -0.2) is 38.3 Å². The molecule has 9 heteroatoms. The Morgan fingerprint density at radius 1 is 1.00 bits per heavy atom. The Balaban J connectivity index is 2.80. The van der Waals surface area contributed by atoms with Crippen LogP contribution in [0.2, 0.25) is 0 Å². The van der Waals surface area contributed by atoms with Gasteiger partial charge in [-0.25, -0.2) is 22.0 Å². The lowest BCUT2D eigenvalue weighted by molar-refractivity contribution is -0.142. The van der Waals surface area contributed by atoms with Crippen LogP contribution in [0.15, 0.2) is 52.9 Å². The van der Waals surface area contributed by atoms with Crippen LogP contribution in [0.4, 0.5) is 8.78 Å². The zero-order valence-electron chi connectivity index (χ0n) is 15.6. The zero-order chi connectivity index (χ0) is 21.8. The molecule has 0 aromatic heterocycles. The molecule has 2 rings (SSSR count).